The van der Waals surface area contributed by atoms with Crippen molar-refractivity contribution < 1.29 is 13.2 Å². The van der Waals surface area contributed by atoms with Gasteiger partial charge in [0.25, 0.3) is 0 Å². The number of alkyl halides is 1. The second kappa shape index (κ2) is 8.96. The zero-order valence-corrected chi connectivity index (χ0v) is 14.1. The van der Waals surface area contributed by atoms with Crippen LogP contribution in [0.15, 0.2) is 18.2 Å². The van der Waals surface area contributed by atoms with Crippen molar-refractivity contribution in [3.05, 3.63) is 29.3 Å². The molecular weight excluding hydrogens is 308 g/mol. The van der Waals surface area contributed by atoms with Crippen molar-refractivity contribution in [3.63, 3.8) is 0 Å². The molecule has 0 atom stereocenters. The van der Waals surface area contributed by atoms with Gasteiger partial charge in [0.15, 0.2) is 9.84 Å². The summed E-state index contributed by atoms with van der Waals surface area (Å²) in [5.41, 5.74) is 1.94. The van der Waals surface area contributed by atoms with Gasteiger partial charge >= 0.3 is 0 Å². The minimum Gasteiger partial charge on any atom is -0.493 e. The molecule has 0 amide bonds. The van der Waals surface area contributed by atoms with Crippen molar-refractivity contribution in [3.8, 4) is 17.6 Å². The van der Waals surface area contributed by atoms with Crippen molar-refractivity contribution in [2.45, 2.75) is 26.7 Å². The fraction of sp³-hybridized carbons (Fsp3) is 0.500. The maximum atomic E-state index is 11.6. The van der Waals surface area contributed by atoms with Gasteiger partial charge in [-0.25, -0.2) is 8.42 Å². The highest BCUT2D eigenvalue weighted by atomic mass is 35.5. The van der Waals surface area contributed by atoms with Crippen LogP contribution in [0.3, 0.4) is 0 Å². The molecule has 1 aromatic carbocycles. The molecule has 3 nitrogen and oxygen atoms in total. The van der Waals surface area contributed by atoms with Gasteiger partial charge in [-0.05, 0) is 37.1 Å². The summed E-state index contributed by atoms with van der Waals surface area (Å²) < 4.78 is 28.7. The van der Waals surface area contributed by atoms with Gasteiger partial charge in [0.05, 0.1) is 11.5 Å². The third-order valence-electron chi connectivity index (χ3n) is 2.82. The van der Waals surface area contributed by atoms with E-state index < -0.39 is 9.84 Å². The molecule has 5 heteroatoms. The van der Waals surface area contributed by atoms with E-state index in [-0.39, 0.29) is 18.1 Å². The first-order valence-corrected chi connectivity index (χ1v) is 9.33. The molecule has 0 aliphatic heterocycles. The van der Waals surface area contributed by atoms with E-state index in [1.165, 1.54) is 0 Å². The summed E-state index contributed by atoms with van der Waals surface area (Å²) in [6, 6.07) is 5.56. The molecule has 0 radical (unpaired) electrons. The zero-order chi connectivity index (χ0) is 15.7. The molecule has 0 saturated carbocycles. The number of rotatable bonds is 7. The Morgan fingerprint density at radius 1 is 1.29 bits per heavy atom. The van der Waals surface area contributed by atoms with Gasteiger partial charge in [-0.1, -0.05) is 18.8 Å². The van der Waals surface area contributed by atoms with Crippen LogP contribution in [-0.4, -0.2) is 32.4 Å². The van der Waals surface area contributed by atoms with Gasteiger partial charge in [-0.15, -0.1) is 11.6 Å². The van der Waals surface area contributed by atoms with Crippen molar-refractivity contribution in [1.29, 1.82) is 0 Å². The first-order valence-electron chi connectivity index (χ1n) is 6.97. The molecule has 0 saturated heterocycles. The van der Waals surface area contributed by atoms with E-state index in [1.807, 2.05) is 32.0 Å². The van der Waals surface area contributed by atoms with Crippen LogP contribution in [0.1, 0.15) is 30.9 Å². The van der Waals surface area contributed by atoms with Crippen LogP contribution in [0.25, 0.3) is 0 Å². The second-order valence-corrected chi connectivity index (χ2v) is 7.40. The van der Waals surface area contributed by atoms with Crippen LogP contribution in [0.4, 0.5) is 0 Å². The number of benzene rings is 1. The standard InChI is InChI=1S/C16H21ClO3S/c1-3-11-21(18,19)12-10-20-16-8-7-15(14(2)13-16)6-4-5-9-17/h7-8,13H,3,5,9-12H2,1-2H3. The predicted octanol–water partition coefficient (Wildman–Crippen LogP) is 3.18. The van der Waals surface area contributed by atoms with E-state index >= 15 is 0 Å². The fourth-order valence-electron chi connectivity index (χ4n) is 1.77. The summed E-state index contributed by atoms with van der Waals surface area (Å²) in [5.74, 6) is 7.50. The molecular formula is C16H21ClO3S. The number of aryl methyl sites for hydroxylation is 1. The van der Waals surface area contributed by atoms with Crippen molar-refractivity contribution in [2.75, 3.05) is 24.0 Å². The smallest absolute Gasteiger partial charge is 0.153 e. The van der Waals surface area contributed by atoms with Gasteiger partial charge < -0.3 is 4.74 Å². The SMILES string of the molecule is CCCS(=O)(=O)CCOc1ccc(C#CCCCl)c(C)c1. The molecule has 0 N–H and O–H groups in total. The molecule has 1 aromatic rings. The Morgan fingerprint density at radius 2 is 2.05 bits per heavy atom. The van der Waals surface area contributed by atoms with Crippen LogP contribution in [0.2, 0.25) is 0 Å². The molecule has 0 spiro atoms. The third-order valence-corrected chi connectivity index (χ3v) is 4.83. The minimum atomic E-state index is -2.99. The van der Waals surface area contributed by atoms with Crippen LogP contribution in [0.5, 0.6) is 5.75 Å². The molecule has 0 aromatic heterocycles. The van der Waals surface area contributed by atoms with Gasteiger partial charge in [0.2, 0.25) is 0 Å². The predicted molar refractivity (Wildman–Crippen MR) is 87.8 cm³/mol. The molecule has 0 fully saturated rings. The normalized spacial score (nSPS) is 10.8. The fourth-order valence-corrected chi connectivity index (χ4v) is 3.03. The van der Waals surface area contributed by atoms with Crippen LogP contribution < -0.4 is 4.74 Å². The zero-order valence-electron chi connectivity index (χ0n) is 12.5. The van der Waals surface area contributed by atoms with Crippen LogP contribution in [-0.2, 0) is 9.84 Å². The van der Waals surface area contributed by atoms with E-state index in [0.717, 1.165) is 11.1 Å². The van der Waals surface area contributed by atoms with E-state index in [1.54, 1.807) is 0 Å². The summed E-state index contributed by atoms with van der Waals surface area (Å²) in [6.45, 7) is 3.98. The summed E-state index contributed by atoms with van der Waals surface area (Å²) >= 11 is 5.58. The summed E-state index contributed by atoms with van der Waals surface area (Å²) in [5, 5.41) is 0. The largest absolute Gasteiger partial charge is 0.493 e. The van der Waals surface area contributed by atoms with Crippen molar-refractivity contribution in [2.24, 2.45) is 0 Å². The first kappa shape index (κ1) is 17.9. The number of hydrogen-bond donors (Lipinski definition) is 0. The van der Waals surface area contributed by atoms with E-state index in [0.29, 0.717) is 24.5 Å². The summed E-state index contributed by atoms with van der Waals surface area (Å²) in [7, 11) is -2.99. The first-order chi connectivity index (χ1) is 9.98. The maximum absolute atomic E-state index is 11.6. The number of ether oxygens (including phenoxy) is 1. The summed E-state index contributed by atoms with van der Waals surface area (Å²) in [6.07, 6.45) is 1.30. The molecule has 0 aliphatic carbocycles. The van der Waals surface area contributed by atoms with Crippen molar-refractivity contribution >= 4 is 21.4 Å². The van der Waals surface area contributed by atoms with Gasteiger partial charge in [-0.3, -0.25) is 0 Å². The highest BCUT2D eigenvalue weighted by Crippen LogP contribution is 2.16. The lowest BCUT2D eigenvalue weighted by Gasteiger charge is -2.08. The molecule has 116 valence electrons. The van der Waals surface area contributed by atoms with Gasteiger partial charge in [0, 0.05) is 17.9 Å². The van der Waals surface area contributed by atoms with E-state index in [4.69, 9.17) is 16.3 Å². The lowest BCUT2D eigenvalue weighted by molar-refractivity contribution is 0.340. The quantitative estimate of drug-likeness (QED) is 0.570. The minimum absolute atomic E-state index is 0.0527. The lowest BCUT2D eigenvalue weighted by atomic mass is 10.1. The molecule has 0 unspecified atom stereocenters. The molecule has 21 heavy (non-hydrogen) atoms. The molecule has 1 rings (SSSR count). The van der Waals surface area contributed by atoms with E-state index in [2.05, 4.69) is 11.8 Å². The van der Waals surface area contributed by atoms with E-state index in [9.17, 15) is 8.42 Å². The Morgan fingerprint density at radius 3 is 2.67 bits per heavy atom. The average molecular weight is 329 g/mol. The topological polar surface area (TPSA) is 43.4 Å². The molecule has 0 heterocycles. The average Bonchev–Trinajstić information content (AvgIpc) is 2.41. The Labute approximate surface area is 132 Å². The Bertz CT molecular complexity index is 612. The lowest BCUT2D eigenvalue weighted by Crippen LogP contribution is -2.16. The number of hydrogen-bond acceptors (Lipinski definition) is 3. The second-order valence-electron chi connectivity index (χ2n) is 4.72. The number of sulfone groups is 1. The Kier molecular flexibility index (Phi) is 7.63. The monoisotopic (exact) mass is 328 g/mol. The molecule has 0 aliphatic rings. The maximum Gasteiger partial charge on any atom is 0.153 e. The molecule has 0 bridgehead atoms. The summed E-state index contributed by atoms with van der Waals surface area (Å²) in [4.78, 5) is 0. The highest BCUT2D eigenvalue weighted by molar-refractivity contribution is 7.91. The van der Waals surface area contributed by atoms with Gasteiger partial charge in [-0.2, -0.15) is 0 Å². The van der Waals surface area contributed by atoms with Gasteiger partial charge in [0.1, 0.15) is 12.4 Å². The number of halogens is 1. The Balaban J connectivity index is 2.59. The highest BCUT2D eigenvalue weighted by Gasteiger charge is 2.09. The Hall–Kier alpha value is -1.18. The van der Waals surface area contributed by atoms with Crippen LogP contribution >= 0.6 is 11.6 Å². The van der Waals surface area contributed by atoms with Crippen molar-refractivity contribution in [1.82, 2.24) is 0 Å². The third kappa shape index (κ3) is 6.88. The van der Waals surface area contributed by atoms with Crippen LogP contribution in [0, 0.1) is 18.8 Å².